The average Bonchev–Trinajstić information content (AvgIpc) is 3.24. The van der Waals surface area contributed by atoms with Gasteiger partial charge in [-0.05, 0) is 24.1 Å². The Bertz CT molecular complexity index is 881. The van der Waals surface area contributed by atoms with Crippen molar-refractivity contribution in [1.82, 2.24) is 4.90 Å². The fourth-order valence-corrected chi connectivity index (χ4v) is 3.74. The molecule has 1 aromatic rings. The zero-order valence-electron chi connectivity index (χ0n) is 16.8. The molecule has 0 aliphatic carbocycles. The number of halogens is 2. The Kier molecular flexibility index (Phi) is 8.33. The molecule has 1 aromatic heterocycles. The van der Waals surface area contributed by atoms with Crippen molar-refractivity contribution in [1.29, 1.82) is 0 Å². The number of aliphatic hydroxyl groups is 1. The average molecular weight is 438 g/mol. The van der Waals surface area contributed by atoms with Gasteiger partial charge < -0.3 is 15.1 Å². The standard InChI is InChI=1S/C22H25F2NO4S/c1-3-4-5-7-15(2)18(26)11-9-16-14-22(23,24)21(29)25(16)13-6-8-17-10-12-19(30-17)20(27)28/h6,8-12,15-16,18,26H,3,7,13-14H2,1-2H3,(H,27,28)/b8-6+,11-9+/t15-,16-,18+/m0/s1. The maximum absolute atomic E-state index is 14.0. The molecule has 2 heterocycles. The molecular weight excluding hydrogens is 412 g/mol. The third-order valence-corrected chi connectivity index (χ3v) is 5.74. The van der Waals surface area contributed by atoms with Crippen LogP contribution in [0.5, 0.6) is 0 Å². The Hall–Kier alpha value is -2.50. The molecule has 1 amide bonds. The number of rotatable bonds is 8. The van der Waals surface area contributed by atoms with Crippen LogP contribution in [0.4, 0.5) is 8.78 Å². The maximum atomic E-state index is 14.0. The number of aromatic carboxylic acids is 1. The Labute approximate surface area is 178 Å². The van der Waals surface area contributed by atoms with Crippen molar-refractivity contribution in [2.24, 2.45) is 5.92 Å². The second-order valence-corrected chi connectivity index (χ2v) is 8.22. The van der Waals surface area contributed by atoms with Crippen LogP contribution in [-0.4, -0.2) is 51.6 Å². The monoisotopic (exact) mass is 437 g/mol. The number of thiophene rings is 1. The van der Waals surface area contributed by atoms with Gasteiger partial charge in [0, 0.05) is 30.7 Å². The van der Waals surface area contributed by atoms with Crippen molar-refractivity contribution in [3.05, 3.63) is 40.1 Å². The topological polar surface area (TPSA) is 77.8 Å². The molecule has 1 saturated heterocycles. The molecule has 2 N–H and O–H groups in total. The Balaban J connectivity index is 2.04. The number of carbonyl (C=O) groups excluding carboxylic acids is 1. The lowest BCUT2D eigenvalue weighted by molar-refractivity contribution is -0.147. The van der Waals surface area contributed by atoms with Gasteiger partial charge in [-0.2, -0.15) is 8.78 Å². The smallest absolute Gasteiger partial charge is 0.345 e. The summed E-state index contributed by atoms with van der Waals surface area (Å²) in [5, 5.41) is 19.2. The van der Waals surface area contributed by atoms with Crippen LogP contribution in [0.3, 0.4) is 0 Å². The lowest BCUT2D eigenvalue weighted by Gasteiger charge is -2.20. The Morgan fingerprint density at radius 2 is 2.17 bits per heavy atom. The highest BCUT2D eigenvalue weighted by Crippen LogP contribution is 2.34. The van der Waals surface area contributed by atoms with E-state index in [-0.39, 0.29) is 17.3 Å². The molecule has 0 unspecified atom stereocenters. The highest BCUT2D eigenvalue weighted by Gasteiger charge is 2.52. The van der Waals surface area contributed by atoms with Crippen molar-refractivity contribution in [3.8, 4) is 11.8 Å². The number of hydrogen-bond donors (Lipinski definition) is 2. The molecule has 2 rings (SSSR count). The summed E-state index contributed by atoms with van der Waals surface area (Å²) in [6.07, 6.45) is 5.78. The third kappa shape index (κ3) is 6.25. The van der Waals surface area contributed by atoms with E-state index in [1.165, 1.54) is 18.2 Å². The molecule has 1 aliphatic heterocycles. The zero-order chi connectivity index (χ0) is 22.3. The highest BCUT2D eigenvalue weighted by atomic mass is 32.1. The van der Waals surface area contributed by atoms with Crippen LogP contribution in [-0.2, 0) is 4.79 Å². The van der Waals surface area contributed by atoms with E-state index in [0.29, 0.717) is 11.3 Å². The quantitative estimate of drug-likeness (QED) is 0.475. The van der Waals surface area contributed by atoms with E-state index in [2.05, 4.69) is 11.8 Å². The molecule has 0 bridgehead atoms. The minimum atomic E-state index is -3.45. The molecule has 5 nitrogen and oxygen atoms in total. The normalized spacial score (nSPS) is 20.5. The first kappa shape index (κ1) is 23.8. The third-order valence-electron chi connectivity index (χ3n) is 4.70. The predicted molar refractivity (Wildman–Crippen MR) is 112 cm³/mol. The number of aliphatic hydroxyl groups excluding tert-OH is 1. The zero-order valence-corrected chi connectivity index (χ0v) is 17.7. The first-order valence-electron chi connectivity index (χ1n) is 9.66. The lowest BCUT2D eigenvalue weighted by atomic mass is 9.99. The number of carboxylic acid groups (broad SMARTS) is 1. The van der Waals surface area contributed by atoms with Gasteiger partial charge in [0.1, 0.15) is 4.88 Å². The van der Waals surface area contributed by atoms with Crippen LogP contribution >= 0.6 is 11.3 Å². The second kappa shape index (κ2) is 10.5. The molecule has 162 valence electrons. The van der Waals surface area contributed by atoms with Gasteiger partial charge in [0.05, 0.1) is 12.1 Å². The molecule has 0 aromatic carbocycles. The van der Waals surface area contributed by atoms with Crippen molar-refractivity contribution >= 4 is 29.3 Å². The summed E-state index contributed by atoms with van der Waals surface area (Å²) in [5.74, 6) is -0.0264. The second-order valence-electron chi connectivity index (χ2n) is 7.11. The van der Waals surface area contributed by atoms with Gasteiger partial charge >= 0.3 is 11.9 Å². The number of likely N-dealkylation sites (tertiary alicyclic amines) is 1. The Morgan fingerprint density at radius 3 is 2.80 bits per heavy atom. The molecule has 0 saturated carbocycles. The van der Waals surface area contributed by atoms with Crippen molar-refractivity contribution < 1.29 is 28.6 Å². The van der Waals surface area contributed by atoms with E-state index >= 15 is 0 Å². The van der Waals surface area contributed by atoms with E-state index in [1.54, 1.807) is 18.2 Å². The molecule has 0 spiro atoms. The minimum Gasteiger partial charge on any atom is -0.477 e. The summed E-state index contributed by atoms with van der Waals surface area (Å²) < 4.78 is 28.0. The summed E-state index contributed by atoms with van der Waals surface area (Å²) in [6.45, 7) is 3.70. The fraction of sp³-hybridized carbons (Fsp3) is 0.455. The van der Waals surface area contributed by atoms with Crippen LogP contribution < -0.4 is 0 Å². The molecule has 8 heteroatoms. The van der Waals surface area contributed by atoms with Crippen LogP contribution in [0, 0.1) is 17.8 Å². The summed E-state index contributed by atoms with van der Waals surface area (Å²) in [6, 6.07) is 2.24. The fourth-order valence-electron chi connectivity index (χ4n) is 2.96. The first-order chi connectivity index (χ1) is 14.2. The van der Waals surface area contributed by atoms with Gasteiger partial charge in [0.15, 0.2) is 0 Å². The molecule has 0 radical (unpaired) electrons. The van der Waals surface area contributed by atoms with Crippen LogP contribution in [0.15, 0.2) is 30.4 Å². The maximum Gasteiger partial charge on any atom is 0.345 e. The summed E-state index contributed by atoms with van der Waals surface area (Å²) in [7, 11) is 0. The van der Waals surface area contributed by atoms with Gasteiger partial charge in [-0.1, -0.05) is 32.1 Å². The predicted octanol–water partition coefficient (Wildman–Crippen LogP) is 4.05. The van der Waals surface area contributed by atoms with Gasteiger partial charge in [0.25, 0.3) is 5.91 Å². The highest BCUT2D eigenvalue weighted by molar-refractivity contribution is 7.14. The number of nitrogens with zero attached hydrogens (tertiary/aromatic N) is 1. The molecule has 1 aliphatic rings. The molecule has 30 heavy (non-hydrogen) atoms. The van der Waals surface area contributed by atoms with E-state index < -0.39 is 36.4 Å². The number of hydrogen-bond acceptors (Lipinski definition) is 4. The molecular formula is C22H25F2NO4S. The number of carboxylic acids is 1. The molecule has 3 atom stereocenters. The van der Waals surface area contributed by atoms with Crippen molar-refractivity contribution in [2.45, 2.75) is 51.2 Å². The van der Waals surface area contributed by atoms with Gasteiger partial charge in [-0.15, -0.1) is 23.2 Å². The van der Waals surface area contributed by atoms with E-state index in [1.807, 2.05) is 13.8 Å². The van der Waals surface area contributed by atoms with E-state index in [4.69, 9.17) is 5.11 Å². The number of amides is 1. The first-order valence-corrected chi connectivity index (χ1v) is 10.5. The summed E-state index contributed by atoms with van der Waals surface area (Å²) in [5.41, 5.74) is 0. The molecule has 1 fully saturated rings. The lowest BCUT2D eigenvalue weighted by Crippen LogP contribution is -2.36. The SMILES string of the molecule is CCC#CC[C@H](C)[C@H](O)/C=C/[C@H]1CC(F)(F)C(=O)N1C/C=C/c1ccc(C(=O)O)s1. The van der Waals surface area contributed by atoms with Gasteiger partial charge in [-0.25, -0.2) is 4.79 Å². The Morgan fingerprint density at radius 1 is 1.43 bits per heavy atom. The van der Waals surface area contributed by atoms with Gasteiger partial charge in [-0.3, -0.25) is 4.79 Å². The van der Waals surface area contributed by atoms with E-state index in [0.717, 1.165) is 22.7 Å². The summed E-state index contributed by atoms with van der Waals surface area (Å²) >= 11 is 1.05. The van der Waals surface area contributed by atoms with E-state index in [9.17, 15) is 23.5 Å². The number of alkyl halides is 2. The van der Waals surface area contributed by atoms with Crippen molar-refractivity contribution in [2.75, 3.05) is 6.54 Å². The van der Waals surface area contributed by atoms with Crippen molar-refractivity contribution in [3.63, 3.8) is 0 Å². The van der Waals surface area contributed by atoms with Gasteiger partial charge in [0.2, 0.25) is 0 Å². The number of carbonyl (C=O) groups is 2. The van der Waals surface area contributed by atoms with Crippen LogP contribution in [0.1, 0.15) is 47.7 Å². The summed E-state index contributed by atoms with van der Waals surface area (Å²) in [4.78, 5) is 24.9. The largest absolute Gasteiger partial charge is 0.477 e. The van der Waals surface area contributed by atoms with Crippen LogP contribution in [0.25, 0.3) is 6.08 Å². The minimum absolute atomic E-state index is 0.0443. The van der Waals surface area contributed by atoms with Crippen LogP contribution in [0.2, 0.25) is 0 Å².